The van der Waals surface area contributed by atoms with Crippen LogP contribution in [-0.4, -0.2) is 17.0 Å². The minimum absolute atomic E-state index is 0.596. The summed E-state index contributed by atoms with van der Waals surface area (Å²) in [6.07, 6.45) is 7.78. The first kappa shape index (κ1) is 16.6. The molecule has 0 N–H and O–H groups in total. The van der Waals surface area contributed by atoms with Crippen LogP contribution >= 0.6 is 0 Å². The molecule has 0 saturated carbocycles. The predicted octanol–water partition coefficient (Wildman–Crippen LogP) is 6.02. The van der Waals surface area contributed by atoms with Crippen LogP contribution in [0.2, 0.25) is 0 Å². The molecule has 4 rings (SSSR count). The van der Waals surface area contributed by atoms with Crippen molar-refractivity contribution in [2.75, 3.05) is 0 Å². The molecule has 0 radical (unpaired) electrons. The Balaban J connectivity index is 1.60. The fourth-order valence-corrected chi connectivity index (χ4v) is 4.47. The Morgan fingerprint density at radius 3 is 2.60 bits per heavy atom. The highest BCUT2D eigenvalue weighted by molar-refractivity contribution is 5.68. The van der Waals surface area contributed by atoms with Gasteiger partial charge in [-0.05, 0) is 47.4 Å². The molecule has 25 heavy (non-hydrogen) atoms. The van der Waals surface area contributed by atoms with Crippen molar-refractivity contribution in [3.05, 3.63) is 77.4 Å². The molecule has 2 heterocycles. The molecule has 2 aliphatic rings. The highest BCUT2D eigenvalue weighted by Crippen LogP contribution is 2.38. The minimum Gasteiger partial charge on any atom is -0.289 e. The van der Waals surface area contributed by atoms with E-state index in [1.807, 2.05) is 0 Å². The van der Waals surface area contributed by atoms with Crippen LogP contribution in [0.3, 0.4) is 0 Å². The first-order valence-corrected chi connectivity index (χ1v) is 9.81. The Hall–Kier alpha value is -1.86. The van der Waals surface area contributed by atoms with E-state index < -0.39 is 0 Å². The van der Waals surface area contributed by atoms with Gasteiger partial charge in [0.2, 0.25) is 0 Å². The van der Waals surface area contributed by atoms with Crippen LogP contribution in [0.5, 0.6) is 0 Å². The fourth-order valence-electron chi connectivity index (χ4n) is 4.47. The van der Waals surface area contributed by atoms with Gasteiger partial charge in [0.05, 0.1) is 0 Å². The molecule has 2 atom stereocenters. The van der Waals surface area contributed by atoms with Crippen molar-refractivity contribution in [3.8, 4) is 0 Å². The van der Waals surface area contributed by atoms with Crippen LogP contribution in [0.4, 0.5) is 0 Å². The van der Waals surface area contributed by atoms with Gasteiger partial charge in [-0.3, -0.25) is 4.90 Å². The van der Waals surface area contributed by atoms with Crippen molar-refractivity contribution < 1.29 is 0 Å². The first-order chi connectivity index (χ1) is 12.2. The van der Waals surface area contributed by atoms with Gasteiger partial charge < -0.3 is 0 Å². The summed E-state index contributed by atoms with van der Waals surface area (Å²) in [5, 5.41) is 0. The van der Waals surface area contributed by atoms with Crippen molar-refractivity contribution in [3.63, 3.8) is 0 Å². The molecular formula is C24H29N. The average molecular weight is 332 g/mol. The number of piperidine rings is 1. The second-order valence-corrected chi connectivity index (χ2v) is 7.99. The van der Waals surface area contributed by atoms with E-state index in [-0.39, 0.29) is 0 Å². The SMILES string of the molecule is CC(C)c1cccc(C2=CC3CCCC(C2)N3Cc2ccccc2)c1. The zero-order valence-electron chi connectivity index (χ0n) is 15.5. The molecule has 0 aromatic heterocycles. The van der Waals surface area contributed by atoms with E-state index in [2.05, 4.69) is 79.4 Å². The molecule has 1 saturated heterocycles. The summed E-state index contributed by atoms with van der Waals surface area (Å²) in [5.74, 6) is 0.596. The molecule has 2 unspecified atom stereocenters. The van der Waals surface area contributed by atoms with Crippen LogP contribution in [0.25, 0.3) is 5.57 Å². The van der Waals surface area contributed by atoms with Gasteiger partial charge in [0.25, 0.3) is 0 Å². The lowest BCUT2D eigenvalue weighted by molar-refractivity contribution is 0.0951. The van der Waals surface area contributed by atoms with Crippen molar-refractivity contribution in [1.29, 1.82) is 0 Å². The van der Waals surface area contributed by atoms with E-state index in [9.17, 15) is 0 Å². The van der Waals surface area contributed by atoms with E-state index in [0.29, 0.717) is 18.0 Å². The van der Waals surface area contributed by atoms with Crippen molar-refractivity contribution in [2.24, 2.45) is 0 Å². The normalized spacial score (nSPS) is 23.6. The monoisotopic (exact) mass is 331 g/mol. The smallest absolute Gasteiger partial charge is 0.0290 e. The lowest BCUT2D eigenvalue weighted by Gasteiger charge is -2.45. The average Bonchev–Trinajstić information content (AvgIpc) is 2.62. The Bertz CT molecular complexity index is 744. The summed E-state index contributed by atoms with van der Waals surface area (Å²) >= 11 is 0. The second-order valence-electron chi connectivity index (χ2n) is 7.99. The van der Waals surface area contributed by atoms with Gasteiger partial charge in [-0.25, -0.2) is 0 Å². The quantitative estimate of drug-likeness (QED) is 0.662. The molecule has 0 spiro atoms. The molecule has 2 aromatic carbocycles. The Kier molecular flexibility index (Phi) is 4.76. The van der Waals surface area contributed by atoms with Gasteiger partial charge in [0, 0.05) is 18.6 Å². The van der Waals surface area contributed by atoms with Gasteiger partial charge in [-0.1, -0.05) is 80.9 Å². The van der Waals surface area contributed by atoms with Gasteiger partial charge in [-0.2, -0.15) is 0 Å². The van der Waals surface area contributed by atoms with E-state index in [4.69, 9.17) is 0 Å². The number of rotatable bonds is 4. The standard InChI is InChI=1S/C24H29N/c1-18(2)20-10-6-11-21(14-20)22-15-23-12-7-13-24(16-22)25(23)17-19-8-4-3-5-9-19/h3-6,8-11,14-15,18,23-24H,7,12-13,16-17H2,1-2H3. The maximum absolute atomic E-state index is 2.74. The molecule has 2 bridgehead atoms. The summed E-state index contributed by atoms with van der Waals surface area (Å²) in [4.78, 5) is 2.74. The van der Waals surface area contributed by atoms with Gasteiger partial charge in [-0.15, -0.1) is 0 Å². The van der Waals surface area contributed by atoms with Crippen LogP contribution in [0.15, 0.2) is 60.7 Å². The molecule has 2 aliphatic heterocycles. The highest BCUT2D eigenvalue weighted by atomic mass is 15.2. The van der Waals surface area contributed by atoms with Crippen LogP contribution in [0, 0.1) is 0 Å². The van der Waals surface area contributed by atoms with Crippen LogP contribution < -0.4 is 0 Å². The van der Waals surface area contributed by atoms with Crippen LogP contribution in [-0.2, 0) is 6.54 Å². The summed E-state index contributed by atoms with van der Waals surface area (Å²) < 4.78 is 0. The molecule has 0 aliphatic carbocycles. The minimum atomic E-state index is 0.596. The first-order valence-electron chi connectivity index (χ1n) is 9.81. The van der Waals surface area contributed by atoms with E-state index >= 15 is 0 Å². The van der Waals surface area contributed by atoms with Crippen molar-refractivity contribution >= 4 is 5.57 Å². The van der Waals surface area contributed by atoms with E-state index in [1.165, 1.54) is 42.4 Å². The molecule has 1 heteroatoms. The number of fused-ring (bicyclic) bond motifs is 2. The van der Waals surface area contributed by atoms with Crippen molar-refractivity contribution in [1.82, 2.24) is 4.90 Å². The van der Waals surface area contributed by atoms with Crippen LogP contribution in [0.1, 0.15) is 62.1 Å². The second kappa shape index (κ2) is 7.17. The Labute approximate surface area is 152 Å². The maximum atomic E-state index is 2.74. The summed E-state index contributed by atoms with van der Waals surface area (Å²) in [5.41, 5.74) is 5.91. The summed E-state index contributed by atoms with van der Waals surface area (Å²) in [6.45, 7) is 5.65. The molecule has 1 nitrogen and oxygen atoms in total. The largest absolute Gasteiger partial charge is 0.289 e. The topological polar surface area (TPSA) is 3.24 Å². The maximum Gasteiger partial charge on any atom is 0.0290 e. The number of hydrogen-bond acceptors (Lipinski definition) is 1. The lowest BCUT2D eigenvalue weighted by atomic mass is 9.82. The number of hydrogen-bond donors (Lipinski definition) is 0. The Morgan fingerprint density at radius 2 is 1.84 bits per heavy atom. The lowest BCUT2D eigenvalue weighted by Crippen LogP contribution is -2.47. The third-order valence-corrected chi connectivity index (χ3v) is 5.91. The molecular weight excluding hydrogens is 302 g/mol. The van der Waals surface area contributed by atoms with Crippen molar-refractivity contribution in [2.45, 2.75) is 64.1 Å². The molecule has 1 fully saturated rings. The van der Waals surface area contributed by atoms with Gasteiger partial charge in [0.1, 0.15) is 0 Å². The predicted molar refractivity (Wildman–Crippen MR) is 107 cm³/mol. The van der Waals surface area contributed by atoms with E-state index in [0.717, 1.165) is 6.54 Å². The third-order valence-electron chi connectivity index (χ3n) is 5.91. The highest BCUT2D eigenvalue weighted by Gasteiger charge is 2.34. The zero-order chi connectivity index (χ0) is 17.2. The van der Waals surface area contributed by atoms with Gasteiger partial charge >= 0.3 is 0 Å². The summed E-state index contributed by atoms with van der Waals surface area (Å²) in [6, 6.07) is 21.5. The molecule has 0 amide bonds. The molecule has 2 aromatic rings. The van der Waals surface area contributed by atoms with Gasteiger partial charge in [0.15, 0.2) is 0 Å². The number of benzene rings is 2. The van der Waals surface area contributed by atoms with E-state index in [1.54, 1.807) is 5.57 Å². The third kappa shape index (κ3) is 3.57. The zero-order valence-corrected chi connectivity index (χ0v) is 15.5. The summed E-state index contributed by atoms with van der Waals surface area (Å²) in [7, 11) is 0. The fraction of sp³-hybridized carbons (Fsp3) is 0.417. The Morgan fingerprint density at radius 1 is 1.00 bits per heavy atom. The number of nitrogens with zero attached hydrogens (tertiary/aromatic N) is 1. The molecule has 130 valence electrons.